The van der Waals surface area contributed by atoms with Crippen molar-refractivity contribution in [2.24, 2.45) is 13.0 Å². The third-order valence-electron chi connectivity index (χ3n) is 4.34. The number of nitrogens with zero attached hydrogens (tertiary/aromatic N) is 3. The Hall–Kier alpha value is -2.76. The monoisotopic (exact) mass is 324 g/mol. The molecule has 122 valence electrons. The number of carbonyl (C=O) groups excluding carboxylic acids is 1. The quantitative estimate of drug-likeness (QED) is 0.803. The van der Waals surface area contributed by atoms with E-state index in [-0.39, 0.29) is 11.7 Å². The Balaban J connectivity index is 1.78. The van der Waals surface area contributed by atoms with E-state index in [2.05, 4.69) is 15.4 Å². The fraction of sp³-hybridized carbons (Fsp3) is 0.278. The van der Waals surface area contributed by atoms with Gasteiger partial charge in [-0.05, 0) is 49.1 Å². The van der Waals surface area contributed by atoms with Gasteiger partial charge in [0, 0.05) is 19.2 Å². The molecule has 1 saturated carbocycles. The maximum absolute atomic E-state index is 13.2. The minimum absolute atomic E-state index is 0.120. The molecule has 0 unspecified atom stereocenters. The van der Waals surface area contributed by atoms with Gasteiger partial charge in [-0.2, -0.15) is 5.10 Å². The van der Waals surface area contributed by atoms with Gasteiger partial charge in [0.25, 0.3) is 5.91 Å². The van der Waals surface area contributed by atoms with Gasteiger partial charge >= 0.3 is 0 Å². The maximum atomic E-state index is 13.2. The Kier molecular flexibility index (Phi) is 3.52. The summed E-state index contributed by atoms with van der Waals surface area (Å²) in [5.74, 6) is 0.185. The zero-order valence-electron chi connectivity index (χ0n) is 13.3. The highest BCUT2D eigenvalue weighted by Gasteiger charge is 2.23. The second-order valence-corrected chi connectivity index (χ2v) is 6.22. The van der Waals surface area contributed by atoms with Crippen molar-refractivity contribution >= 4 is 16.9 Å². The van der Waals surface area contributed by atoms with E-state index in [0.717, 1.165) is 10.9 Å². The van der Waals surface area contributed by atoms with Crippen molar-refractivity contribution in [2.45, 2.75) is 12.8 Å². The summed E-state index contributed by atoms with van der Waals surface area (Å²) in [7, 11) is 1.79. The molecule has 1 amide bonds. The van der Waals surface area contributed by atoms with E-state index in [9.17, 15) is 9.18 Å². The molecule has 1 N–H and O–H groups in total. The van der Waals surface area contributed by atoms with Crippen LogP contribution in [-0.4, -0.2) is 27.2 Å². The summed E-state index contributed by atoms with van der Waals surface area (Å²) in [6, 6.07) is 7.84. The van der Waals surface area contributed by atoms with Crippen molar-refractivity contribution in [3.05, 3.63) is 47.9 Å². The molecule has 3 aromatic rings. The minimum atomic E-state index is -0.303. The molecular weight excluding hydrogens is 307 g/mol. The van der Waals surface area contributed by atoms with Crippen molar-refractivity contribution in [3.63, 3.8) is 0 Å². The number of hydrogen-bond acceptors (Lipinski definition) is 3. The molecule has 24 heavy (non-hydrogen) atoms. The topological polar surface area (TPSA) is 59.8 Å². The average Bonchev–Trinajstić information content (AvgIpc) is 3.35. The first-order valence-corrected chi connectivity index (χ1v) is 7.99. The van der Waals surface area contributed by atoms with Crippen molar-refractivity contribution in [1.82, 2.24) is 20.1 Å². The summed E-state index contributed by atoms with van der Waals surface area (Å²) in [4.78, 5) is 17.2. The SMILES string of the molecule is Cn1ncc2c(C(=O)NCC3CC3)cc(-c3ccc(F)cc3)nc21. The predicted octanol–water partition coefficient (Wildman–Crippen LogP) is 2.91. The van der Waals surface area contributed by atoms with E-state index in [1.165, 1.54) is 25.0 Å². The number of hydrogen-bond donors (Lipinski definition) is 1. The van der Waals surface area contributed by atoms with Crippen LogP contribution in [0.4, 0.5) is 4.39 Å². The third-order valence-corrected chi connectivity index (χ3v) is 4.34. The highest BCUT2D eigenvalue weighted by molar-refractivity contribution is 6.06. The van der Waals surface area contributed by atoms with Gasteiger partial charge in [-0.3, -0.25) is 9.48 Å². The molecule has 1 aromatic carbocycles. The predicted molar refractivity (Wildman–Crippen MR) is 89.0 cm³/mol. The van der Waals surface area contributed by atoms with Gasteiger partial charge in [0.1, 0.15) is 5.82 Å². The van der Waals surface area contributed by atoms with Crippen molar-refractivity contribution in [3.8, 4) is 11.3 Å². The molecule has 2 heterocycles. The first kappa shape index (κ1) is 14.8. The molecule has 6 heteroatoms. The summed E-state index contributed by atoms with van der Waals surface area (Å²) < 4.78 is 14.8. The number of halogens is 1. The molecule has 2 aromatic heterocycles. The standard InChI is InChI=1S/C18H17FN4O/c1-23-17-15(10-21-23)14(18(24)20-9-11-2-3-11)8-16(22-17)12-4-6-13(19)7-5-12/h4-8,10-11H,2-3,9H2,1H3,(H,20,24). The van der Waals surface area contributed by atoms with Crippen LogP contribution in [0.1, 0.15) is 23.2 Å². The molecule has 0 radical (unpaired) electrons. The van der Waals surface area contributed by atoms with Crippen LogP contribution in [0, 0.1) is 11.7 Å². The Morgan fingerprint density at radius 3 is 2.79 bits per heavy atom. The second kappa shape index (κ2) is 5.70. The van der Waals surface area contributed by atoms with E-state index in [4.69, 9.17) is 0 Å². The van der Waals surface area contributed by atoms with Crippen LogP contribution in [0.2, 0.25) is 0 Å². The minimum Gasteiger partial charge on any atom is -0.352 e. The van der Waals surface area contributed by atoms with Crippen molar-refractivity contribution < 1.29 is 9.18 Å². The van der Waals surface area contributed by atoms with Gasteiger partial charge in [0.15, 0.2) is 5.65 Å². The van der Waals surface area contributed by atoms with Gasteiger partial charge in [0.2, 0.25) is 0 Å². The number of fused-ring (bicyclic) bond motifs is 1. The molecule has 0 saturated heterocycles. The Bertz CT molecular complexity index is 913. The summed E-state index contributed by atoms with van der Waals surface area (Å²) in [6.07, 6.45) is 4.02. The average molecular weight is 324 g/mol. The highest BCUT2D eigenvalue weighted by atomic mass is 19.1. The van der Waals surface area contributed by atoms with E-state index in [1.807, 2.05) is 0 Å². The van der Waals surface area contributed by atoms with Gasteiger partial charge in [-0.15, -0.1) is 0 Å². The molecular formula is C18H17FN4O. The molecule has 1 aliphatic rings. The van der Waals surface area contributed by atoms with Crippen LogP contribution in [0.25, 0.3) is 22.3 Å². The number of carbonyl (C=O) groups is 1. The van der Waals surface area contributed by atoms with E-state index in [0.29, 0.717) is 29.4 Å². The maximum Gasteiger partial charge on any atom is 0.252 e. The number of benzene rings is 1. The van der Waals surface area contributed by atoms with Gasteiger partial charge in [0.05, 0.1) is 22.8 Å². The number of aryl methyl sites for hydroxylation is 1. The molecule has 0 aliphatic heterocycles. The Morgan fingerprint density at radius 1 is 1.33 bits per heavy atom. The molecule has 4 rings (SSSR count). The van der Waals surface area contributed by atoms with Crippen molar-refractivity contribution in [2.75, 3.05) is 6.54 Å². The van der Waals surface area contributed by atoms with Crippen molar-refractivity contribution in [1.29, 1.82) is 0 Å². The smallest absolute Gasteiger partial charge is 0.252 e. The summed E-state index contributed by atoms with van der Waals surface area (Å²) >= 11 is 0. The first-order valence-electron chi connectivity index (χ1n) is 7.99. The number of aromatic nitrogens is 3. The normalized spacial score (nSPS) is 14.1. The van der Waals surface area contributed by atoms with Crippen LogP contribution in [0.3, 0.4) is 0 Å². The number of rotatable bonds is 4. The van der Waals surface area contributed by atoms with Gasteiger partial charge in [-0.25, -0.2) is 9.37 Å². The molecule has 0 bridgehead atoms. The van der Waals surface area contributed by atoms with E-state index >= 15 is 0 Å². The fourth-order valence-electron chi connectivity index (χ4n) is 2.73. The third kappa shape index (κ3) is 2.75. The van der Waals surface area contributed by atoms with Gasteiger partial charge in [-0.1, -0.05) is 0 Å². The lowest BCUT2D eigenvalue weighted by Gasteiger charge is -2.08. The lowest BCUT2D eigenvalue weighted by Crippen LogP contribution is -2.25. The van der Waals surface area contributed by atoms with E-state index < -0.39 is 0 Å². The lowest BCUT2D eigenvalue weighted by atomic mass is 10.1. The van der Waals surface area contributed by atoms with E-state index in [1.54, 1.807) is 36.1 Å². The number of pyridine rings is 1. The molecule has 1 fully saturated rings. The largest absolute Gasteiger partial charge is 0.352 e. The fourth-order valence-corrected chi connectivity index (χ4v) is 2.73. The van der Waals surface area contributed by atoms with Gasteiger partial charge < -0.3 is 5.32 Å². The Labute approximate surface area is 138 Å². The zero-order valence-corrected chi connectivity index (χ0v) is 13.3. The van der Waals surface area contributed by atoms with Crippen LogP contribution >= 0.6 is 0 Å². The van der Waals surface area contributed by atoms with Crippen LogP contribution in [0.5, 0.6) is 0 Å². The second-order valence-electron chi connectivity index (χ2n) is 6.22. The lowest BCUT2D eigenvalue weighted by molar-refractivity contribution is 0.0953. The van der Waals surface area contributed by atoms with Crippen LogP contribution in [-0.2, 0) is 7.05 Å². The molecule has 0 spiro atoms. The highest BCUT2D eigenvalue weighted by Crippen LogP contribution is 2.28. The molecule has 0 atom stereocenters. The Morgan fingerprint density at radius 2 is 2.08 bits per heavy atom. The number of nitrogens with one attached hydrogen (secondary N) is 1. The first-order chi connectivity index (χ1) is 11.6. The zero-order chi connectivity index (χ0) is 16.7. The molecule has 5 nitrogen and oxygen atoms in total. The summed E-state index contributed by atoms with van der Waals surface area (Å²) in [5, 5.41) is 7.91. The molecule has 1 aliphatic carbocycles. The van der Waals surface area contributed by atoms with Crippen LogP contribution in [0.15, 0.2) is 36.5 Å². The number of amides is 1. The van der Waals surface area contributed by atoms with Crippen LogP contribution < -0.4 is 5.32 Å². The summed E-state index contributed by atoms with van der Waals surface area (Å²) in [6.45, 7) is 0.703. The summed E-state index contributed by atoms with van der Waals surface area (Å²) in [5.41, 5.74) is 2.57.